The van der Waals surface area contributed by atoms with Crippen LogP contribution in [-0.4, -0.2) is 38.5 Å². The van der Waals surface area contributed by atoms with E-state index in [0.29, 0.717) is 6.61 Å². The molecule has 0 aliphatic heterocycles. The number of ether oxygens (including phenoxy) is 2. The Kier molecular flexibility index (Phi) is 7.23. The van der Waals surface area contributed by atoms with E-state index in [-0.39, 0.29) is 18.2 Å². The second kappa shape index (κ2) is 7.30. The smallest absolute Gasteiger partial charge is 0.0718 e. The SMILES string of the molecule is CCNC(COC(C)C)C(C)OC. The first-order chi connectivity index (χ1) is 6.11. The third kappa shape index (κ3) is 6.02. The lowest BCUT2D eigenvalue weighted by Gasteiger charge is -2.24. The van der Waals surface area contributed by atoms with Gasteiger partial charge in [-0.3, -0.25) is 0 Å². The first-order valence-corrected chi connectivity index (χ1v) is 4.99. The van der Waals surface area contributed by atoms with Crippen LogP contribution in [0.4, 0.5) is 0 Å². The van der Waals surface area contributed by atoms with Gasteiger partial charge in [-0.05, 0) is 27.3 Å². The average Bonchev–Trinajstić information content (AvgIpc) is 2.10. The Morgan fingerprint density at radius 2 is 1.85 bits per heavy atom. The lowest BCUT2D eigenvalue weighted by Crippen LogP contribution is -2.43. The molecule has 0 bridgehead atoms. The minimum Gasteiger partial charge on any atom is -0.380 e. The van der Waals surface area contributed by atoms with Crippen LogP contribution in [0.25, 0.3) is 0 Å². The van der Waals surface area contributed by atoms with Crippen molar-refractivity contribution < 1.29 is 9.47 Å². The fourth-order valence-electron chi connectivity index (χ4n) is 1.08. The molecule has 13 heavy (non-hydrogen) atoms. The van der Waals surface area contributed by atoms with E-state index in [9.17, 15) is 0 Å². The van der Waals surface area contributed by atoms with Crippen molar-refractivity contribution in [3.63, 3.8) is 0 Å². The zero-order chi connectivity index (χ0) is 10.3. The Bertz CT molecular complexity index is 117. The van der Waals surface area contributed by atoms with Crippen LogP contribution in [0.15, 0.2) is 0 Å². The average molecular weight is 189 g/mol. The van der Waals surface area contributed by atoms with E-state index in [0.717, 1.165) is 6.54 Å². The molecular formula is C10H23NO2. The summed E-state index contributed by atoms with van der Waals surface area (Å²) >= 11 is 0. The largest absolute Gasteiger partial charge is 0.380 e. The van der Waals surface area contributed by atoms with Crippen molar-refractivity contribution in [1.82, 2.24) is 5.32 Å². The fourth-order valence-corrected chi connectivity index (χ4v) is 1.08. The third-order valence-electron chi connectivity index (χ3n) is 2.01. The van der Waals surface area contributed by atoms with Gasteiger partial charge in [-0.2, -0.15) is 0 Å². The number of likely N-dealkylation sites (N-methyl/N-ethyl adjacent to an activating group) is 1. The molecule has 0 spiro atoms. The highest BCUT2D eigenvalue weighted by atomic mass is 16.5. The van der Waals surface area contributed by atoms with Crippen LogP contribution in [-0.2, 0) is 9.47 Å². The second-order valence-corrected chi connectivity index (χ2v) is 3.49. The first-order valence-electron chi connectivity index (χ1n) is 4.99. The summed E-state index contributed by atoms with van der Waals surface area (Å²) in [5, 5.41) is 3.34. The van der Waals surface area contributed by atoms with E-state index < -0.39 is 0 Å². The predicted octanol–water partition coefficient (Wildman–Crippen LogP) is 1.42. The molecule has 0 aliphatic carbocycles. The van der Waals surface area contributed by atoms with Crippen LogP contribution >= 0.6 is 0 Å². The maximum absolute atomic E-state index is 5.54. The van der Waals surface area contributed by atoms with Crippen molar-refractivity contribution in [1.29, 1.82) is 0 Å². The highest BCUT2D eigenvalue weighted by Gasteiger charge is 2.15. The summed E-state index contributed by atoms with van der Waals surface area (Å²) < 4.78 is 10.8. The summed E-state index contributed by atoms with van der Waals surface area (Å²) in [6.45, 7) is 9.88. The van der Waals surface area contributed by atoms with E-state index in [2.05, 4.69) is 19.2 Å². The van der Waals surface area contributed by atoms with Gasteiger partial charge in [0.25, 0.3) is 0 Å². The van der Waals surface area contributed by atoms with Crippen LogP contribution < -0.4 is 5.32 Å². The lowest BCUT2D eigenvalue weighted by atomic mass is 10.2. The molecule has 0 fully saturated rings. The molecule has 0 rings (SSSR count). The van der Waals surface area contributed by atoms with E-state index in [1.54, 1.807) is 7.11 Å². The summed E-state index contributed by atoms with van der Waals surface area (Å²) in [6.07, 6.45) is 0.476. The van der Waals surface area contributed by atoms with E-state index in [1.165, 1.54) is 0 Å². The third-order valence-corrected chi connectivity index (χ3v) is 2.01. The maximum atomic E-state index is 5.54. The molecule has 0 aromatic heterocycles. The molecule has 0 aromatic carbocycles. The van der Waals surface area contributed by atoms with Crippen LogP contribution in [0.1, 0.15) is 27.7 Å². The highest BCUT2D eigenvalue weighted by Crippen LogP contribution is 2.00. The van der Waals surface area contributed by atoms with E-state index in [4.69, 9.17) is 9.47 Å². The Morgan fingerprint density at radius 3 is 2.23 bits per heavy atom. The van der Waals surface area contributed by atoms with Crippen molar-refractivity contribution in [2.24, 2.45) is 0 Å². The van der Waals surface area contributed by atoms with Gasteiger partial charge in [-0.25, -0.2) is 0 Å². The van der Waals surface area contributed by atoms with Crippen molar-refractivity contribution in [3.05, 3.63) is 0 Å². The second-order valence-electron chi connectivity index (χ2n) is 3.49. The van der Waals surface area contributed by atoms with Crippen LogP contribution in [0, 0.1) is 0 Å². The molecule has 0 aromatic rings. The molecule has 2 unspecified atom stereocenters. The molecule has 0 heterocycles. The monoisotopic (exact) mass is 189 g/mol. The molecule has 0 amide bonds. The van der Waals surface area contributed by atoms with E-state index >= 15 is 0 Å². The zero-order valence-corrected chi connectivity index (χ0v) is 9.46. The maximum Gasteiger partial charge on any atom is 0.0718 e. The molecule has 3 heteroatoms. The van der Waals surface area contributed by atoms with E-state index in [1.807, 2.05) is 13.8 Å². The van der Waals surface area contributed by atoms with Crippen LogP contribution in [0.2, 0.25) is 0 Å². The van der Waals surface area contributed by atoms with Crippen molar-refractivity contribution in [3.8, 4) is 0 Å². The van der Waals surface area contributed by atoms with Gasteiger partial charge in [0.2, 0.25) is 0 Å². The number of rotatable bonds is 7. The molecule has 3 nitrogen and oxygen atoms in total. The summed E-state index contributed by atoms with van der Waals surface area (Å²) in [5.41, 5.74) is 0. The van der Waals surface area contributed by atoms with Crippen molar-refractivity contribution >= 4 is 0 Å². The summed E-state index contributed by atoms with van der Waals surface area (Å²) in [6, 6.07) is 0.289. The van der Waals surface area contributed by atoms with Gasteiger partial charge in [0, 0.05) is 7.11 Å². The lowest BCUT2D eigenvalue weighted by molar-refractivity contribution is 0.00950. The summed E-state index contributed by atoms with van der Waals surface area (Å²) in [5.74, 6) is 0. The molecule has 1 N–H and O–H groups in total. The molecule has 0 saturated carbocycles. The van der Waals surface area contributed by atoms with Gasteiger partial charge in [-0.1, -0.05) is 6.92 Å². The standard InChI is InChI=1S/C10H23NO2/c1-6-11-10(9(4)12-5)7-13-8(2)3/h8-11H,6-7H2,1-5H3. The Balaban J connectivity index is 3.79. The number of hydrogen-bond donors (Lipinski definition) is 1. The molecule has 0 radical (unpaired) electrons. The van der Waals surface area contributed by atoms with Gasteiger partial charge in [-0.15, -0.1) is 0 Å². The molecule has 0 saturated heterocycles. The number of nitrogens with one attached hydrogen (secondary N) is 1. The minimum atomic E-state index is 0.193. The highest BCUT2D eigenvalue weighted by molar-refractivity contribution is 4.72. The fraction of sp³-hybridized carbons (Fsp3) is 1.00. The van der Waals surface area contributed by atoms with Crippen molar-refractivity contribution in [2.45, 2.75) is 45.9 Å². The van der Waals surface area contributed by atoms with Gasteiger partial charge in [0.05, 0.1) is 24.9 Å². The molecule has 2 atom stereocenters. The molecule has 80 valence electrons. The summed E-state index contributed by atoms with van der Waals surface area (Å²) in [7, 11) is 1.73. The van der Waals surface area contributed by atoms with Crippen LogP contribution in [0.3, 0.4) is 0 Å². The Labute approximate surface area is 81.8 Å². The Hall–Kier alpha value is -0.120. The summed E-state index contributed by atoms with van der Waals surface area (Å²) in [4.78, 5) is 0. The first kappa shape index (κ1) is 12.9. The minimum absolute atomic E-state index is 0.193. The molecule has 0 aliphatic rings. The van der Waals surface area contributed by atoms with Gasteiger partial charge in [0.15, 0.2) is 0 Å². The van der Waals surface area contributed by atoms with Gasteiger partial charge < -0.3 is 14.8 Å². The Morgan fingerprint density at radius 1 is 1.23 bits per heavy atom. The number of hydrogen-bond acceptors (Lipinski definition) is 3. The topological polar surface area (TPSA) is 30.5 Å². The number of methoxy groups -OCH3 is 1. The zero-order valence-electron chi connectivity index (χ0n) is 9.46. The van der Waals surface area contributed by atoms with Gasteiger partial charge in [0.1, 0.15) is 0 Å². The van der Waals surface area contributed by atoms with Crippen molar-refractivity contribution in [2.75, 3.05) is 20.3 Å². The van der Waals surface area contributed by atoms with Crippen LogP contribution in [0.5, 0.6) is 0 Å². The molecular weight excluding hydrogens is 166 g/mol. The predicted molar refractivity (Wildman–Crippen MR) is 55.0 cm³/mol. The van der Waals surface area contributed by atoms with Gasteiger partial charge >= 0.3 is 0 Å². The quantitative estimate of drug-likeness (QED) is 0.657. The normalized spacial score (nSPS) is 16.2.